The molecule has 5 rings (SSSR count). The maximum atomic E-state index is 13.1. The Morgan fingerprint density at radius 1 is 1.00 bits per heavy atom. The van der Waals surface area contributed by atoms with E-state index in [1.54, 1.807) is 48.5 Å². The third kappa shape index (κ3) is 4.39. The minimum Gasteiger partial charge on any atom is -0.349 e. The molecule has 0 aliphatic heterocycles. The van der Waals surface area contributed by atoms with Crippen LogP contribution in [0.3, 0.4) is 0 Å². The van der Waals surface area contributed by atoms with E-state index >= 15 is 0 Å². The van der Waals surface area contributed by atoms with Gasteiger partial charge in [-0.1, -0.05) is 18.2 Å². The van der Waals surface area contributed by atoms with Crippen LogP contribution in [-0.4, -0.2) is 26.5 Å². The van der Waals surface area contributed by atoms with Gasteiger partial charge in [-0.25, -0.2) is 4.52 Å². The van der Waals surface area contributed by atoms with Gasteiger partial charge >= 0.3 is 6.18 Å². The van der Waals surface area contributed by atoms with Crippen molar-refractivity contribution in [2.75, 3.05) is 5.32 Å². The number of pyridine rings is 1. The second-order valence-electron chi connectivity index (χ2n) is 8.00. The first-order chi connectivity index (χ1) is 15.9. The van der Waals surface area contributed by atoms with Crippen molar-refractivity contribution < 1.29 is 18.0 Å². The standard InChI is InChI=1S/C24H20F3N5O/c25-24(26,27)17-5-1-4-16(14-17)20-8-3-9-21-30-23(31-32(20)21)29-19-12-10-15(11-13-19)22(33)28-18-6-2-7-18/h1,3-5,8-14,18H,2,6-7H2,(H,28,33)(H,29,31). The van der Waals surface area contributed by atoms with Gasteiger partial charge in [0.15, 0.2) is 5.65 Å². The van der Waals surface area contributed by atoms with Crippen molar-refractivity contribution in [1.82, 2.24) is 19.9 Å². The van der Waals surface area contributed by atoms with Gasteiger partial charge in [0.25, 0.3) is 5.91 Å². The smallest absolute Gasteiger partial charge is 0.349 e. The van der Waals surface area contributed by atoms with Crippen LogP contribution in [0.5, 0.6) is 0 Å². The van der Waals surface area contributed by atoms with Crippen LogP contribution in [0.15, 0.2) is 66.7 Å². The highest BCUT2D eigenvalue weighted by Crippen LogP contribution is 2.32. The van der Waals surface area contributed by atoms with E-state index in [1.165, 1.54) is 10.6 Å². The number of amides is 1. The molecule has 1 aliphatic rings. The molecule has 0 saturated heterocycles. The fraction of sp³-hybridized carbons (Fsp3) is 0.208. The van der Waals surface area contributed by atoms with Gasteiger partial charge in [0.2, 0.25) is 5.95 Å². The number of hydrogen-bond donors (Lipinski definition) is 2. The Morgan fingerprint density at radius 2 is 1.76 bits per heavy atom. The van der Waals surface area contributed by atoms with Gasteiger partial charge < -0.3 is 10.6 Å². The maximum Gasteiger partial charge on any atom is 0.416 e. The zero-order valence-electron chi connectivity index (χ0n) is 17.4. The van der Waals surface area contributed by atoms with Crippen LogP contribution in [0, 0.1) is 0 Å². The number of nitrogens with zero attached hydrogens (tertiary/aromatic N) is 3. The van der Waals surface area contributed by atoms with Crippen molar-refractivity contribution in [3.05, 3.63) is 77.9 Å². The van der Waals surface area contributed by atoms with Crippen molar-refractivity contribution in [2.24, 2.45) is 0 Å². The number of hydrogen-bond acceptors (Lipinski definition) is 4. The number of carbonyl (C=O) groups is 1. The first-order valence-corrected chi connectivity index (χ1v) is 10.6. The molecule has 33 heavy (non-hydrogen) atoms. The van der Waals surface area contributed by atoms with Crippen LogP contribution in [0.25, 0.3) is 16.9 Å². The predicted molar refractivity (Wildman–Crippen MR) is 118 cm³/mol. The lowest BCUT2D eigenvalue weighted by atomic mass is 9.93. The molecule has 0 atom stereocenters. The Bertz CT molecular complexity index is 1310. The highest BCUT2D eigenvalue weighted by molar-refractivity contribution is 5.94. The summed E-state index contributed by atoms with van der Waals surface area (Å²) in [5, 5.41) is 10.5. The summed E-state index contributed by atoms with van der Waals surface area (Å²) in [4.78, 5) is 16.7. The molecule has 1 fully saturated rings. The van der Waals surface area contributed by atoms with Crippen LogP contribution in [0.4, 0.5) is 24.8 Å². The number of benzene rings is 2. The van der Waals surface area contributed by atoms with Crippen molar-refractivity contribution in [3.63, 3.8) is 0 Å². The Balaban J connectivity index is 1.38. The molecule has 9 heteroatoms. The summed E-state index contributed by atoms with van der Waals surface area (Å²) in [6.45, 7) is 0. The van der Waals surface area contributed by atoms with Crippen LogP contribution in [-0.2, 0) is 6.18 Å². The average Bonchev–Trinajstić information content (AvgIpc) is 3.18. The fourth-order valence-electron chi connectivity index (χ4n) is 3.69. The molecule has 168 valence electrons. The number of aromatic nitrogens is 3. The molecule has 0 spiro atoms. The zero-order chi connectivity index (χ0) is 23.0. The highest BCUT2D eigenvalue weighted by atomic mass is 19.4. The van der Waals surface area contributed by atoms with E-state index in [-0.39, 0.29) is 11.9 Å². The molecule has 2 heterocycles. The zero-order valence-corrected chi connectivity index (χ0v) is 17.4. The monoisotopic (exact) mass is 451 g/mol. The SMILES string of the molecule is O=C(NC1CCC1)c1ccc(Nc2nc3cccc(-c4cccc(C(F)(F)F)c4)n3n2)cc1. The van der Waals surface area contributed by atoms with Crippen molar-refractivity contribution in [2.45, 2.75) is 31.5 Å². The summed E-state index contributed by atoms with van der Waals surface area (Å²) in [7, 11) is 0. The summed E-state index contributed by atoms with van der Waals surface area (Å²) < 4.78 is 40.9. The van der Waals surface area contributed by atoms with Crippen LogP contribution in [0.2, 0.25) is 0 Å². The molecule has 4 aromatic rings. The van der Waals surface area contributed by atoms with E-state index in [4.69, 9.17) is 0 Å². The summed E-state index contributed by atoms with van der Waals surface area (Å²) >= 11 is 0. The Labute approximate surface area is 187 Å². The van der Waals surface area contributed by atoms with E-state index in [2.05, 4.69) is 20.7 Å². The molecule has 1 amide bonds. The van der Waals surface area contributed by atoms with Crippen LogP contribution >= 0.6 is 0 Å². The third-order valence-electron chi connectivity index (χ3n) is 5.69. The van der Waals surface area contributed by atoms with Crippen molar-refractivity contribution in [1.29, 1.82) is 0 Å². The molecule has 0 bridgehead atoms. The summed E-state index contributed by atoms with van der Waals surface area (Å²) in [6.07, 6.45) is -1.24. The number of alkyl halides is 3. The molecule has 6 nitrogen and oxygen atoms in total. The molecular formula is C24H20F3N5O. The van der Waals surface area contributed by atoms with Crippen LogP contribution in [0.1, 0.15) is 35.2 Å². The highest BCUT2D eigenvalue weighted by Gasteiger charge is 2.30. The van der Waals surface area contributed by atoms with Crippen molar-refractivity contribution >= 4 is 23.2 Å². The summed E-state index contributed by atoms with van der Waals surface area (Å²) in [5.74, 6) is 0.198. The molecule has 0 radical (unpaired) electrons. The Hall–Kier alpha value is -3.88. The van der Waals surface area contributed by atoms with E-state index in [1.807, 2.05) is 0 Å². The second-order valence-corrected chi connectivity index (χ2v) is 8.00. The number of anilines is 2. The average molecular weight is 451 g/mol. The first kappa shape index (κ1) is 21.0. The van der Waals surface area contributed by atoms with E-state index in [0.717, 1.165) is 31.4 Å². The van der Waals surface area contributed by atoms with E-state index in [9.17, 15) is 18.0 Å². The molecule has 2 aromatic carbocycles. The summed E-state index contributed by atoms with van der Waals surface area (Å²) in [6, 6.07) is 17.5. The lowest BCUT2D eigenvalue weighted by molar-refractivity contribution is -0.137. The van der Waals surface area contributed by atoms with Gasteiger partial charge in [-0.05, 0) is 67.8 Å². The van der Waals surface area contributed by atoms with Gasteiger partial charge in [-0.15, -0.1) is 5.10 Å². The van der Waals surface area contributed by atoms with Gasteiger partial charge in [-0.3, -0.25) is 4.79 Å². The van der Waals surface area contributed by atoms with Gasteiger partial charge in [0.05, 0.1) is 11.3 Å². The molecule has 1 aliphatic carbocycles. The normalized spacial score (nSPS) is 14.2. The lowest BCUT2D eigenvalue weighted by Crippen LogP contribution is -2.39. The second kappa shape index (κ2) is 8.23. The maximum absolute atomic E-state index is 13.1. The van der Waals surface area contributed by atoms with Gasteiger partial charge in [-0.2, -0.15) is 18.2 Å². The molecule has 1 saturated carbocycles. The number of fused-ring (bicyclic) bond motifs is 1. The minimum atomic E-state index is -4.43. The number of halogens is 3. The van der Waals surface area contributed by atoms with E-state index < -0.39 is 11.7 Å². The molecular weight excluding hydrogens is 431 g/mol. The van der Waals surface area contributed by atoms with Gasteiger partial charge in [0.1, 0.15) is 0 Å². The lowest BCUT2D eigenvalue weighted by Gasteiger charge is -2.26. The largest absolute Gasteiger partial charge is 0.416 e. The number of carbonyl (C=O) groups excluding carboxylic acids is 1. The Morgan fingerprint density at radius 3 is 2.45 bits per heavy atom. The third-order valence-corrected chi connectivity index (χ3v) is 5.69. The topological polar surface area (TPSA) is 71.3 Å². The molecule has 0 unspecified atom stereocenters. The molecule has 2 N–H and O–H groups in total. The minimum absolute atomic E-state index is 0.0946. The van der Waals surface area contributed by atoms with Gasteiger partial charge in [0, 0.05) is 22.9 Å². The number of nitrogens with one attached hydrogen (secondary N) is 2. The van der Waals surface area contributed by atoms with E-state index in [0.29, 0.717) is 34.1 Å². The summed E-state index contributed by atoms with van der Waals surface area (Å²) in [5.41, 5.74) is 1.89. The van der Waals surface area contributed by atoms with Crippen LogP contribution < -0.4 is 10.6 Å². The first-order valence-electron chi connectivity index (χ1n) is 10.6. The predicted octanol–water partition coefficient (Wildman–Crippen LogP) is 5.44. The number of rotatable bonds is 5. The fourth-order valence-corrected chi connectivity index (χ4v) is 3.69. The Kier molecular flexibility index (Phi) is 5.24. The van der Waals surface area contributed by atoms with Crippen molar-refractivity contribution in [3.8, 4) is 11.3 Å². The quantitative estimate of drug-likeness (QED) is 0.424. The molecule has 2 aromatic heterocycles.